The number of hydrogen-bond donors (Lipinski definition) is 1. The average Bonchev–Trinajstić information content (AvgIpc) is 3.29. The van der Waals surface area contributed by atoms with Crippen LogP contribution >= 0.6 is 23.1 Å². The van der Waals surface area contributed by atoms with Crippen LogP contribution in [0.1, 0.15) is 26.9 Å². The number of hydrogen-bond acceptors (Lipinski definition) is 5. The standard InChI is InChI=1S/C20H17N3O2S2/c24-17(22-20-21-10-11-26-20)13-27-19-16-9-5-4-8-15(16)18(25)23(19)12-14-6-2-1-3-7-14/h1-11,19H,12-13H2,(H,21,22,24)/t19-/m0/s1. The first kappa shape index (κ1) is 17.8. The highest BCUT2D eigenvalue weighted by atomic mass is 32.2. The number of amides is 2. The van der Waals surface area contributed by atoms with Crippen LogP contribution in [0.15, 0.2) is 66.2 Å². The number of nitrogens with one attached hydrogen (secondary N) is 1. The van der Waals surface area contributed by atoms with Gasteiger partial charge in [0.1, 0.15) is 5.37 Å². The summed E-state index contributed by atoms with van der Waals surface area (Å²) in [6, 6.07) is 17.5. The molecule has 0 bridgehead atoms. The first-order valence-electron chi connectivity index (χ1n) is 8.47. The summed E-state index contributed by atoms with van der Waals surface area (Å²) in [5, 5.41) is 5.01. The molecule has 0 saturated carbocycles. The van der Waals surface area contributed by atoms with Crippen molar-refractivity contribution in [2.75, 3.05) is 11.1 Å². The summed E-state index contributed by atoms with van der Waals surface area (Å²) >= 11 is 2.84. The molecule has 0 spiro atoms. The smallest absolute Gasteiger partial charge is 0.255 e. The fraction of sp³-hybridized carbons (Fsp3) is 0.150. The summed E-state index contributed by atoms with van der Waals surface area (Å²) in [5.74, 6) is 0.135. The number of thiazole rings is 1. The molecule has 27 heavy (non-hydrogen) atoms. The lowest BCUT2D eigenvalue weighted by Crippen LogP contribution is -2.27. The first-order valence-corrected chi connectivity index (χ1v) is 10.4. The van der Waals surface area contributed by atoms with Crippen LogP contribution in [-0.2, 0) is 11.3 Å². The third-order valence-electron chi connectivity index (χ3n) is 4.25. The van der Waals surface area contributed by atoms with E-state index in [1.54, 1.807) is 6.20 Å². The molecule has 0 radical (unpaired) electrons. The molecule has 0 fully saturated rings. The van der Waals surface area contributed by atoms with Crippen LogP contribution in [0.2, 0.25) is 0 Å². The number of benzene rings is 2. The minimum Gasteiger partial charge on any atom is -0.318 e. The van der Waals surface area contributed by atoms with E-state index >= 15 is 0 Å². The van der Waals surface area contributed by atoms with Gasteiger partial charge in [-0.1, -0.05) is 48.5 Å². The van der Waals surface area contributed by atoms with Gasteiger partial charge in [0.15, 0.2) is 5.13 Å². The van der Waals surface area contributed by atoms with Crippen LogP contribution in [0.4, 0.5) is 5.13 Å². The minimum atomic E-state index is -0.184. The monoisotopic (exact) mass is 395 g/mol. The number of rotatable bonds is 6. The third-order valence-corrected chi connectivity index (χ3v) is 6.19. The SMILES string of the molecule is O=C(CS[C@H]1c2ccccc2C(=O)N1Cc1ccccc1)Nc1nccs1. The fourth-order valence-electron chi connectivity index (χ4n) is 3.05. The molecule has 1 aromatic heterocycles. The lowest BCUT2D eigenvalue weighted by atomic mass is 10.1. The van der Waals surface area contributed by atoms with E-state index in [1.807, 2.05) is 64.9 Å². The van der Waals surface area contributed by atoms with E-state index in [9.17, 15) is 9.59 Å². The molecule has 0 saturated heterocycles. The predicted molar refractivity (Wildman–Crippen MR) is 109 cm³/mol. The van der Waals surface area contributed by atoms with Gasteiger partial charge in [-0.15, -0.1) is 23.1 Å². The van der Waals surface area contributed by atoms with Crippen LogP contribution in [0, 0.1) is 0 Å². The third kappa shape index (κ3) is 3.89. The number of carbonyl (C=O) groups is 2. The Labute approximate surface area is 165 Å². The number of aromatic nitrogens is 1. The van der Waals surface area contributed by atoms with Gasteiger partial charge < -0.3 is 10.2 Å². The summed E-state index contributed by atoms with van der Waals surface area (Å²) in [6.45, 7) is 0.514. The van der Waals surface area contributed by atoms with Crippen LogP contribution in [0.5, 0.6) is 0 Å². The summed E-state index contributed by atoms with van der Waals surface area (Å²) in [5.41, 5.74) is 2.74. The molecular weight excluding hydrogens is 378 g/mol. The Hall–Kier alpha value is -2.64. The van der Waals surface area contributed by atoms with Gasteiger partial charge in [-0.3, -0.25) is 9.59 Å². The summed E-state index contributed by atoms with van der Waals surface area (Å²) in [6.07, 6.45) is 1.65. The van der Waals surface area contributed by atoms with Gasteiger partial charge >= 0.3 is 0 Å². The van der Waals surface area contributed by atoms with Crippen molar-refractivity contribution in [2.45, 2.75) is 11.9 Å². The van der Waals surface area contributed by atoms with Gasteiger partial charge in [0.05, 0.1) is 5.75 Å². The summed E-state index contributed by atoms with van der Waals surface area (Å²) in [7, 11) is 0. The quantitative estimate of drug-likeness (QED) is 0.680. The van der Waals surface area contributed by atoms with Crippen molar-refractivity contribution in [1.29, 1.82) is 0 Å². The highest BCUT2D eigenvalue weighted by Crippen LogP contribution is 2.42. The Morgan fingerprint density at radius 3 is 2.70 bits per heavy atom. The maximum absolute atomic E-state index is 12.9. The van der Waals surface area contributed by atoms with Crippen molar-refractivity contribution in [3.05, 3.63) is 82.9 Å². The van der Waals surface area contributed by atoms with E-state index in [0.717, 1.165) is 11.1 Å². The van der Waals surface area contributed by atoms with E-state index < -0.39 is 0 Å². The molecule has 0 unspecified atom stereocenters. The number of fused-ring (bicyclic) bond motifs is 1. The highest BCUT2D eigenvalue weighted by Gasteiger charge is 2.36. The molecule has 1 aliphatic heterocycles. The van der Waals surface area contributed by atoms with E-state index in [-0.39, 0.29) is 22.9 Å². The van der Waals surface area contributed by atoms with Crippen LogP contribution < -0.4 is 5.32 Å². The Balaban J connectivity index is 1.51. The van der Waals surface area contributed by atoms with Crippen LogP contribution in [0.3, 0.4) is 0 Å². The van der Waals surface area contributed by atoms with Gasteiger partial charge in [0.2, 0.25) is 5.91 Å². The van der Waals surface area contributed by atoms with Gasteiger partial charge in [-0.25, -0.2) is 4.98 Å². The molecule has 7 heteroatoms. The van der Waals surface area contributed by atoms with Gasteiger partial charge in [-0.2, -0.15) is 0 Å². The molecule has 1 N–H and O–H groups in total. The summed E-state index contributed by atoms with van der Waals surface area (Å²) < 4.78 is 0. The second-order valence-corrected chi connectivity index (χ2v) is 8.02. The zero-order chi connectivity index (χ0) is 18.6. The molecule has 2 aromatic carbocycles. The van der Waals surface area contributed by atoms with Crippen molar-refractivity contribution < 1.29 is 9.59 Å². The zero-order valence-corrected chi connectivity index (χ0v) is 16.0. The van der Waals surface area contributed by atoms with E-state index in [2.05, 4.69) is 10.3 Å². The number of thioether (sulfide) groups is 1. The Morgan fingerprint density at radius 2 is 1.93 bits per heavy atom. The Bertz CT molecular complexity index is 945. The molecule has 2 heterocycles. The van der Waals surface area contributed by atoms with E-state index in [4.69, 9.17) is 0 Å². The van der Waals surface area contributed by atoms with Crippen LogP contribution in [-0.4, -0.2) is 27.5 Å². The largest absolute Gasteiger partial charge is 0.318 e. The molecule has 4 rings (SSSR count). The lowest BCUT2D eigenvalue weighted by Gasteiger charge is -2.25. The Morgan fingerprint density at radius 1 is 1.15 bits per heavy atom. The predicted octanol–water partition coefficient (Wildman–Crippen LogP) is 4.17. The molecule has 3 aromatic rings. The maximum Gasteiger partial charge on any atom is 0.255 e. The van der Waals surface area contributed by atoms with E-state index in [1.165, 1.54) is 23.1 Å². The first-order chi connectivity index (χ1) is 13.2. The molecular formula is C20H17N3O2S2. The Kier molecular flexibility index (Phi) is 5.22. The fourth-order valence-corrected chi connectivity index (χ4v) is 4.71. The minimum absolute atomic E-state index is 0.00675. The van der Waals surface area contributed by atoms with Gasteiger partial charge in [0, 0.05) is 23.7 Å². The highest BCUT2D eigenvalue weighted by molar-refractivity contribution is 8.00. The van der Waals surface area contributed by atoms with Crippen molar-refractivity contribution in [3.8, 4) is 0 Å². The number of carbonyl (C=O) groups excluding carboxylic acids is 2. The molecule has 1 atom stereocenters. The molecule has 1 aliphatic rings. The van der Waals surface area contributed by atoms with Gasteiger partial charge in [0.25, 0.3) is 5.91 Å². The van der Waals surface area contributed by atoms with Crippen molar-refractivity contribution in [2.24, 2.45) is 0 Å². The van der Waals surface area contributed by atoms with Crippen molar-refractivity contribution >= 4 is 40.0 Å². The van der Waals surface area contributed by atoms with E-state index in [0.29, 0.717) is 17.2 Å². The van der Waals surface area contributed by atoms with Gasteiger partial charge in [-0.05, 0) is 17.2 Å². The lowest BCUT2D eigenvalue weighted by molar-refractivity contribution is -0.113. The average molecular weight is 396 g/mol. The molecule has 5 nitrogen and oxygen atoms in total. The molecule has 0 aliphatic carbocycles. The topological polar surface area (TPSA) is 62.3 Å². The second-order valence-electron chi connectivity index (χ2n) is 6.05. The summed E-state index contributed by atoms with van der Waals surface area (Å²) in [4.78, 5) is 31.1. The maximum atomic E-state index is 12.9. The van der Waals surface area contributed by atoms with Crippen LogP contribution in [0.25, 0.3) is 0 Å². The van der Waals surface area contributed by atoms with Crippen molar-refractivity contribution in [3.63, 3.8) is 0 Å². The van der Waals surface area contributed by atoms with Crippen molar-refractivity contribution in [1.82, 2.24) is 9.88 Å². The number of nitrogens with zero attached hydrogens (tertiary/aromatic N) is 2. The molecule has 136 valence electrons. The normalized spacial score (nSPS) is 15.6. The molecule has 2 amide bonds. The second kappa shape index (κ2) is 7.94. The number of anilines is 1. The zero-order valence-electron chi connectivity index (χ0n) is 14.4.